The number of methoxy groups -OCH3 is 1. The predicted molar refractivity (Wildman–Crippen MR) is 141 cm³/mol. The van der Waals surface area contributed by atoms with Crippen LogP contribution in [-0.2, 0) is 28.0 Å². The van der Waals surface area contributed by atoms with Gasteiger partial charge in [0.15, 0.2) is 17.3 Å². The molecular formula is C30H27NO7. The van der Waals surface area contributed by atoms with Gasteiger partial charge >= 0.3 is 0 Å². The Labute approximate surface area is 219 Å². The first kappa shape index (κ1) is 25.1. The van der Waals surface area contributed by atoms with Gasteiger partial charge in [0.1, 0.15) is 39.6 Å². The normalized spacial score (nSPS) is 18.0. The van der Waals surface area contributed by atoms with Crippen LogP contribution < -0.4 is 14.8 Å². The number of Topliss-reactive ketones (excluding diaryl/α,β-unsaturated/α-hetero) is 2. The Balaban J connectivity index is 1.58. The van der Waals surface area contributed by atoms with Gasteiger partial charge in [0.05, 0.1) is 12.7 Å². The summed E-state index contributed by atoms with van der Waals surface area (Å²) in [6.45, 7) is 4.93. The van der Waals surface area contributed by atoms with Crippen molar-refractivity contribution in [3.63, 3.8) is 0 Å². The van der Waals surface area contributed by atoms with Gasteiger partial charge in [-0.3, -0.25) is 14.4 Å². The number of aliphatic hydroxyl groups is 1. The van der Waals surface area contributed by atoms with E-state index in [1.807, 2.05) is 24.3 Å². The van der Waals surface area contributed by atoms with Gasteiger partial charge in [-0.1, -0.05) is 43.3 Å². The highest BCUT2D eigenvalue weighted by Crippen LogP contribution is 2.56. The van der Waals surface area contributed by atoms with Gasteiger partial charge in [-0.25, -0.2) is 0 Å². The zero-order valence-electron chi connectivity index (χ0n) is 21.5. The Morgan fingerprint density at radius 3 is 2.55 bits per heavy atom. The number of ether oxygens (including phenoxy) is 2. The van der Waals surface area contributed by atoms with Crippen LogP contribution in [0.4, 0.5) is 0 Å². The van der Waals surface area contributed by atoms with E-state index in [0.29, 0.717) is 0 Å². The number of fused-ring (bicyclic) bond motifs is 4. The molecule has 3 aromatic rings. The summed E-state index contributed by atoms with van der Waals surface area (Å²) in [5.74, 6) is -2.76. The zero-order valence-corrected chi connectivity index (χ0v) is 21.5. The molecule has 0 fully saturated rings. The highest BCUT2D eigenvalue weighted by molar-refractivity contribution is 6.25. The average molecular weight is 514 g/mol. The fourth-order valence-electron chi connectivity index (χ4n) is 5.29. The number of phenols is 1. The Morgan fingerprint density at radius 1 is 1.13 bits per heavy atom. The smallest absolute Gasteiger partial charge is 0.259 e. The van der Waals surface area contributed by atoms with Gasteiger partial charge in [-0.2, -0.15) is 0 Å². The lowest BCUT2D eigenvalue weighted by molar-refractivity contribution is -0.123. The molecule has 5 rings (SSSR count). The number of aliphatic hydroxyl groups excluding tert-OH is 1. The molecule has 0 bridgehead atoms. The molecule has 1 amide bonds. The van der Waals surface area contributed by atoms with Crippen LogP contribution in [0.25, 0.3) is 10.8 Å². The van der Waals surface area contributed by atoms with E-state index in [-0.39, 0.29) is 40.7 Å². The van der Waals surface area contributed by atoms with E-state index in [0.717, 1.165) is 28.3 Å². The zero-order chi connectivity index (χ0) is 27.4. The van der Waals surface area contributed by atoms with Crippen LogP contribution in [0, 0.1) is 0 Å². The summed E-state index contributed by atoms with van der Waals surface area (Å²) in [7, 11) is 1.35. The maximum atomic E-state index is 13.6. The number of rotatable bonds is 6. The monoisotopic (exact) mass is 513 g/mol. The molecule has 8 nitrogen and oxygen atoms in total. The van der Waals surface area contributed by atoms with Crippen molar-refractivity contribution in [3.8, 4) is 17.2 Å². The molecule has 0 spiro atoms. The number of aromatic hydroxyl groups is 1. The topological polar surface area (TPSA) is 122 Å². The number of amides is 1. The fraction of sp³-hybridized carbons (Fsp3) is 0.233. The molecule has 8 heteroatoms. The largest absolute Gasteiger partial charge is 0.507 e. The first-order chi connectivity index (χ1) is 18.1. The molecule has 3 aromatic carbocycles. The number of aryl methyl sites for hydroxylation is 1. The van der Waals surface area contributed by atoms with E-state index >= 15 is 0 Å². The fourth-order valence-corrected chi connectivity index (χ4v) is 5.29. The summed E-state index contributed by atoms with van der Waals surface area (Å²) in [5, 5.41) is 26.3. The number of carbonyl (C=O) groups excluding carboxylic acids is 3. The Bertz CT molecular complexity index is 1610. The summed E-state index contributed by atoms with van der Waals surface area (Å²) >= 11 is 0. The van der Waals surface area contributed by atoms with Gasteiger partial charge in [0.25, 0.3) is 5.91 Å². The number of benzene rings is 3. The number of allylic oxidation sites excluding steroid dienone is 3. The standard InChI is InChI=1S/C30H27NO7/c1-5-16-10-17-8-6-7-9-19(17)18(11-16)14-31-29(36)25-22(37-4)12-21(34)26-27(25)38-23-13-20(33)24(15(2)32)28(35)30(23,26)3/h6-13,33-34H,5,14H2,1-4H3,(H,31,36)/t30-/m1/s1. The number of carbonyl (C=O) groups is 3. The van der Waals surface area contributed by atoms with Crippen molar-refractivity contribution in [1.82, 2.24) is 5.32 Å². The minimum Gasteiger partial charge on any atom is -0.507 e. The molecule has 1 aliphatic carbocycles. The highest BCUT2D eigenvalue weighted by Gasteiger charge is 2.55. The maximum absolute atomic E-state index is 13.6. The number of ketones is 2. The maximum Gasteiger partial charge on any atom is 0.259 e. The molecule has 3 N–H and O–H groups in total. The molecule has 0 radical (unpaired) electrons. The minimum absolute atomic E-state index is 0.000700. The minimum atomic E-state index is -1.61. The van der Waals surface area contributed by atoms with Gasteiger partial charge in [-0.05, 0) is 42.2 Å². The first-order valence-electron chi connectivity index (χ1n) is 12.2. The van der Waals surface area contributed by atoms with Crippen molar-refractivity contribution < 1.29 is 34.1 Å². The van der Waals surface area contributed by atoms with E-state index in [9.17, 15) is 24.6 Å². The van der Waals surface area contributed by atoms with Gasteiger partial charge in [0, 0.05) is 18.7 Å². The summed E-state index contributed by atoms with van der Waals surface area (Å²) in [4.78, 5) is 39.2. The van der Waals surface area contributed by atoms with E-state index in [2.05, 4.69) is 24.4 Å². The van der Waals surface area contributed by atoms with Crippen molar-refractivity contribution in [3.05, 3.63) is 87.9 Å². The molecule has 38 heavy (non-hydrogen) atoms. The Kier molecular flexibility index (Phi) is 5.98. The van der Waals surface area contributed by atoms with Crippen LogP contribution in [0.2, 0.25) is 0 Å². The molecular weight excluding hydrogens is 486 g/mol. The highest BCUT2D eigenvalue weighted by atomic mass is 16.5. The molecule has 1 atom stereocenters. The molecule has 0 unspecified atom stereocenters. The van der Waals surface area contributed by atoms with E-state index in [1.165, 1.54) is 33.1 Å². The Hall–Kier alpha value is -4.59. The van der Waals surface area contributed by atoms with Gasteiger partial charge in [-0.15, -0.1) is 0 Å². The van der Waals surface area contributed by atoms with Gasteiger partial charge < -0.3 is 25.0 Å². The van der Waals surface area contributed by atoms with E-state index in [4.69, 9.17) is 9.47 Å². The summed E-state index contributed by atoms with van der Waals surface area (Å²) in [5.41, 5.74) is 0.0859. The van der Waals surface area contributed by atoms with Crippen molar-refractivity contribution in [2.75, 3.05) is 7.11 Å². The molecule has 0 saturated carbocycles. The number of hydrogen-bond donors (Lipinski definition) is 3. The second kappa shape index (κ2) is 9.06. The van der Waals surface area contributed by atoms with Crippen molar-refractivity contribution in [2.45, 2.75) is 39.2 Å². The lowest BCUT2D eigenvalue weighted by Gasteiger charge is -2.27. The third kappa shape index (κ3) is 3.63. The summed E-state index contributed by atoms with van der Waals surface area (Å²) in [6, 6.07) is 13.3. The van der Waals surface area contributed by atoms with Gasteiger partial charge in [0.2, 0.25) is 0 Å². The van der Waals surface area contributed by atoms with E-state index < -0.39 is 34.2 Å². The lowest BCUT2D eigenvalue weighted by atomic mass is 9.71. The third-order valence-electron chi connectivity index (χ3n) is 7.29. The van der Waals surface area contributed by atoms with E-state index in [1.54, 1.807) is 0 Å². The molecule has 0 aromatic heterocycles. The van der Waals surface area contributed by atoms with Crippen LogP contribution in [0.15, 0.2) is 65.6 Å². The molecule has 1 heterocycles. The molecule has 194 valence electrons. The first-order valence-corrected chi connectivity index (χ1v) is 12.2. The molecule has 1 aliphatic heterocycles. The SMILES string of the molecule is CCc1cc(CNC(=O)c2c(OC)cc(O)c3c2OC2=CC(O)=C(C(C)=O)C(=O)[C@]23C)c2ccccc2c1. The lowest BCUT2D eigenvalue weighted by Crippen LogP contribution is -2.38. The second-order valence-corrected chi connectivity index (χ2v) is 9.57. The van der Waals surface area contributed by atoms with Crippen molar-refractivity contribution in [1.29, 1.82) is 0 Å². The molecule has 2 aliphatic rings. The predicted octanol–water partition coefficient (Wildman–Crippen LogP) is 4.56. The van der Waals surface area contributed by atoms with Crippen molar-refractivity contribution in [2.24, 2.45) is 0 Å². The summed E-state index contributed by atoms with van der Waals surface area (Å²) in [6.07, 6.45) is 2.01. The quantitative estimate of drug-likeness (QED) is 0.413. The third-order valence-corrected chi connectivity index (χ3v) is 7.29. The van der Waals surface area contributed by atoms with Crippen LogP contribution in [0.3, 0.4) is 0 Å². The van der Waals surface area contributed by atoms with Crippen LogP contribution in [0.5, 0.6) is 17.2 Å². The number of hydrogen-bond acceptors (Lipinski definition) is 7. The van der Waals surface area contributed by atoms with Crippen LogP contribution in [-0.4, -0.2) is 34.8 Å². The number of phenolic OH excluding ortho intramolecular Hbond substituents is 1. The second-order valence-electron chi connectivity index (χ2n) is 9.57. The Morgan fingerprint density at radius 2 is 1.87 bits per heavy atom. The van der Waals surface area contributed by atoms with Crippen LogP contribution in [0.1, 0.15) is 47.8 Å². The summed E-state index contributed by atoms with van der Waals surface area (Å²) < 4.78 is 11.4. The average Bonchev–Trinajstić information content (AvgIpc) is 3.19. The molecule has 0 saturated heterocycles. The van der Waals surface area contributed by atoms with Crippen LogP contribution >= 0.6 is 0 Å². The van der Waals surface area contributed by atoms with Crippen molar-refractivity contribution >= 4 is 28.2 Å². The number of nitrogens with one attached hydrogen (secondary N) is 1.